The first-order chi connectivity index (χ1) is 10.9. The van der Waals surface area contributed by atoms with Crippen molar-refractivity contribution in [2.45, 2.75) is 10.1 Å². The van der Waals surface area contributed by atoms with Crippen LogP contribution in [-0.4, -0.2) is 40.9 Å². The molecule has 23 heavy (non-hydrogen) atoms. The van der Waals surface area contributed by atoms with Crippen LogP contribution in [0.5, 0.6) is 0 Å². The molecule has 120 valence electrons. The molecule has 1 aromatic heterocycles. The number of fused-ring (bicyclic) bond motifs is 1. The molecule has 0 aliphatic carbocycles. The van der Waals surface area contributed by atoms with Gasteiger partial charge in [0, 0.05) is 18.4 Å². The second-order valence-corrected chi connectivity index (χ2v) is 7.62. The number of nitrogens with two attached hydrogens (primary N) is 2. The summed E-state index contributed by atoms with van der Waals surface area (Å²) < 4.78 is 25.6. The number of nitrogens with zero attached hydrogens (tertiary/aromatic N) is 3. The first-order valence-corrected chi connectivity index (χ1v) is 9.01. The fourth-order valence-electron chi connectivity index (χ4n) is 2.20. The van der Waals surface area contributed by atoms with Crippen LogP contribution in [0.4, 0.5) is 11.6 Å². The molecule has 1 aliphatic heterocycles. The first kappa shape index (κ1) is 15.6. The van der Waals surface area contributed by atoms with Crippen LogP contribution in [0.3, 0.4) is 0 Å². The molecule has 0 fully saturated rings. The molecule has 2 aromatic rings. The average Bonchev–Trinajstić information content (AvgIpc) is 2.68. The first-order valence-electron chi connectivity index (χ1n) is 6.58. The Kier molecular flexibility index (Phi) is 3.86. The third kappa shape index (κ3) is 2.82. The van der Waals surface area contributed by atoms with E-state index in [0.29, 0.717) is 10.9 Å². The average molecular weight is 351 g/mol. The zero-order chi connectivity index (χ0) is 16.6. The second kappa shape index (κ2) is 5.70. The van der Waals surface area contributed by atoms with Crippen LogP contribution in [0.15, 0.2) is 40.4 Å². The lowest BCUT2D eigenvalue weighted by atomic mass is 10.2. The molecule has 0 atom stereocenters. The predicted molar refractivity (Wildman–Crippen MR) is 86.2 cm³/mol. The van der Waals surface area contributed by atoms with E-state index >= 15 is 0 Å². The number of carbonyl (C=O) groups excluding carboxylic acids is 1. The lowest BCUT2D eigenvalue weighted by Gasteiger charge is -2.14. The van der Waals surface area contributed by atoms with Crippen molar-refractivity contribution in [2.75, 3.05) is 23.8 Å². The van der Waals surface area contributed by atoms with Gasteiger partial charge in [-0.25, -0.2) is 22.7 Å². The van der Waals surface area contributed by atoms with E-state index in [-0.39, 0.29) is 28.6 Å². The van der Waals surface area contributed by atoms with Crippen molar-refractivity contribution >= 4 is 39.3 Å². The largest absolute Gasteiger partial charge is 0.383 e. The highest BCUT2D eigenvalue weighted by Gasteiger charge is 2.40. The van der Waals surface area contributed by atoms with Crippen LogP contribution in [-0.2, 0) is 10.0 Å². The zero-order valence-electron chi connectivity index (χ0n) is 11.8. The molecule has 8 nitrogen and oxygen atoms in total. The summed E-state index contributed by atoms with van der Waals surface area (Å²) in [6.45, 7) is 0.0125. The molecule has 0 unspecified atom stereocenters. The topological polar surface area (TPSA) is 132 Å². The molecule has 0 spiro atoms. The highest BCUT2D eigenvalue weighted by atomic mass is 32.2. The molecule has 1 aromatic carbocycles. The fourth-order valence-corrected chi connectivity index (χ4v) is 4.68. The van der Waals surface area contributed by atoms with Crippen LogP contribution >= 0.6 is 11.8 Å². The number of sulfonamides is 1. The molecule has 10 heteroatoms. The van der Waals surface area contributed by atoms with E-state index < -0.39 is 15.9 Å². The van der Waals surface area contributed by atoms with Gasteiger partial charge in [-0.1, -0.05) is 23.9 Å². The molecule has 0 bridgehead atoms. The van der Waals surface area contributed by atoms with E-state index in [2.05, 4.69) is 9.97 Å². The molecule has 0 saturated carbocycles. The third-order valence-corrected chi connectivity index (χ3v) is 5.85. The van der Waals surface area contributed by atoms with E-state index in [1.54, 1.807) is 12.1 Å². The number of thioether (sulfide) groups is 1. The summed E-state index contributed by atoms with van der Waals surface area (Å²) in [5, 5.41) is 0.337. The SMILES string of the molecule is Nc1cc(N)nc(SCCN2C(=O)c3ccccc3S2(=O)=O)n1. The van der Waals surface area contributed by atoms with Gasteiger partial charge in [-0.3, -0.25) is 4.79 Å². The maximum absolute atomic E-state index is 12.4. The number of hydrogen-bond donors (Lipinski definition) is 2. The number of rotatable bonds is 4. The van der Waals surface area contributed by atoms with Crippen molar-refractivity contribution in [1.82, 2.24) is 14.3 Å². The van der Waals surface area contributed by atoms with Crippen molar-refractivity contribution in [3.8, 4) is 0 Å². The summed E-state index contributed by atoms with van der Waals surface area (Å²) >= 11 is 1.18. The highest BCUT2D eigenvalue weighted by Crippen LogP contribution is 2.30. The van der Waals surface area contributed by atoms with Crippen LogP contribution in [0.1, 0.15) is 10.4 Å². The molecule has 0 radical (unpaired) electrons. The predicted octanol–water partition coefficient (Wildman–Crippen LogP) is 0.578. The van der Waals surface area contributed by atoms with E-state index in [0.717, 1.165) is 4.31 Å². The van der Waals surface area contributed by atoms with Crippen molar-refractivity contribution in [3.63, 3.8) is 0 Å². The van der Waals surface area contributed by atoms with Crippen molar-refractivity contribution in [3.05, 3.63) is 35.9 Å². The number of carbonyl (C=O) groups is 1. The monoisotopic (exact) mass is 351 g/mol. The molecular weight excluding hydrogens is 338 g/mol. The van der Waals surface area contributed by atoms with Crippen molar-refractivity contribution in [1.29, 1.82) is 0 Å². The minimum Gasteiger partial charge on any atom is -0.383 e. The van der Waals surface area contributed by atoms with Gasteiger partial charge in [0.1, 0.15) is 16.5 Å². The summed E-state index contributed by atoms with van der Waals surface area (Å²) in [6, 6.07) is 7.58. The Morgan fingerprint density at radius 2 is 1.78 bits per heavy atom. The number of amides is 1. The van der Waals surface area contributed by atoms with E-state index in [9.17, 15) is 13.2 Å². The fraction of sp³-hybridized carbons (Fsp3) is 0.154. The Hall–Kier alpha value is -2.33. The van der Waals surface area contributed by atoms with Gasteiger partial charge in [0.25, 0.3) is 15.9 Å². The van der Waals surface area contributed by atoms with Crippen LogP contribution in [0, 0.1) is 0 Å². The standard InChI is InChI=1S/C13H13N5O3S2/c14-10-7-11(15)17-13(16-10)22-6-5-18-12(19)8-3-1-2-4-9(8)23(18,20)21/h1-4,7H,5-6H2,(H4,14,15,16,17). The van der Waals surface area contributed by atoms with Gasteiger partial charge in [0.05, 0.1) is 5.56 Å². The lowest BCUT2D eigenvalue weighted by molar-refractivity contribution is 0.0876. The Labute approximate surface area is 137 Å². The van der Waals surface area contributed by atoms with Gasteiger partial charge < -0.3 is 11.5 Å². The number of hydrogen-bond acceptors (Lipinski definition) is 8. The normalized spacial score (nSPS) is 15.7. The molecule has 1 amide bonds. The van der Waals surface area contributed by atoms with E-state index in [1.807, 2.05) is 0 Å². The van der Waals surface area contributed by atoms with Gasteiger partial charge in [-0.2, -0.15) is 0 Å². The van der Waals surface area contributed by atoms with Gasteiger partial charge in [-0.15, -0.1) is 0 Å². The van der Waals surface area contributed by atoms with Crippen molar-refractivity contribution in [2.24, 2.45) is 0 Å². The maximum atomic E-state index is 12.4. The molecule has 4 N–H and O–H groups in total. The highest BCUT2D eigenvalue weighted by molar-refractivity contribution is 7.99. The third-order valence-electron chi connectivity index (χ3n) is 3.18. The second-order valence-electron chi connectivity index (χ2n) is 4.73. The summed E-state index contributed by atoms with van der Waals surface area (Å²) in [4.78, 5) is 20.2. The quantitative estimate of drug-likeness (QED) is 0.604. The minimum atomic E-state index is -3.79. The molecule has 2 heterocycles. The number of anilines is 2. The molecule has 1 aliphatic rings. The maximum Gasteiger partial charge on any atom is 0.269 e. The number of aromatic nitrogens is 2. The number of nitrogen functional groups attached to an aromatic ring is 2. The summed E-state index contributed by atoms with van der Waals surface area (Å²) in [6.07, 6.45) is 0. The Balaban J connectivity index is 1.73. The van der Waals surface area contributed by atoms with Crippen LogP contribution < -0.4 is 11.5 Å². The van der Waals surface area contributed by atoms with E-state index in [1.165, 1.54) is 30.0 Å². The Morgan fingerprint density at radius 1 is 1.13 bits per heavy atom. The zero-order valence-corrected chi connectivity index (χ0v) is 13.5. The lowest BCUT2D eigenvalue weighted by Crippen LogP contribution is -2.32. The van der Waals surface area contributed by atoms with Gasteiger partial charge in [0.15, 0.2) is 5.16 Å². The van der Waals surface area contributed by atoms with Crippen LogP contribution in [0.2, 0.25) is 0 Å². The minimum absolute atomic E-state index is 0.0125. The van der Waals surface area contributed by atoms with Crippen LogP contribution in [0.25, 0.3) is 0 Å². The van der Waals surface area contributed by atoms with Crippen molar-refractivity contribution < 1.29 is 13.2 Å². The smallest absolute Gasteiger partial charge is 0.269 e. The molecule has 3 rings (SSSR count). The van der Waals surface area contributed by atoms with Gasteiger partial charge in [-0.05, 0) is 12.1 Å². The van der Waals surface area contributed by atoms with Gasteiger partial charge >= 0.3 is 0 Å². The number of benzene rings is 1. The molecular formula is C13H13N5O3S2. The summed E-state index contributed by atoms with van der Waals surface area (Å²) in [5.41, 5.74) is 11.3. The molecule has 0 saturated heterocycles. The Bertz CT molecular complexity index is 865. The Morgan fingerprint density at radius 3 is 2.43 bits per heavy atom. The summed E-state index contributed by atoms with van der Waals surface area (Å²) in [7, 11) is -3.79. The van der Waals surface area contributed by atoms with Gasteiger partial charge in [0.2, 0.25) is 0 Å². The van der Waals surface area contributed by atoms with E-state index in [4.69, 9.17) is 11.5 Å². The summed E-state index contributed by atoms with van der Waals surface area (Å²) in [5.74, 6) is 0.241.